The first kappa shape index (κ1) is 16.7. The Bertz CT molecular complexity index is 804. The number of nitrogens with one attached hydrogen (secondary N) is 1. The molecule has 1 aliphatic heterocycles. The quantitative estimate of drug-likeness (QED) is 0.709. The third kappa shape index (κ3) is 4.25. The highest BCUT2D eigenvalue weighted by Gasteiger charge is 2.14. The average Bonchev–Trinajstić information content (AvgIpc) is 2.59. The van der Waals surface area contributed by atoms with E-state index >= 15 is 0 Å². The van der Waals surface area contributed by atoms with E-state index < -0.39 is 0 Å². The molecule has 122 valence electrons. The van der Waals surface area contributed by atoms with E-state index in [1.165, 1.54) is 5.57 Å². The lowest BCUT2D eigenvalue weighted by atomic mass is 10.1. The van der Waals surface area contributed by atoms with Crippen molar-refractivity contribution in [2.24, 2.45) is 9.98 Å². The summed E-state index contributed by atoms with van der Waals surface area (Å²) in [6, 6.07) is 14.9. The Morgan fingerprint density at radius 1 is 0.875 bits per heavy atom. The second-order valence-electron chi connectivity index (χ2n) is 5.38. The van der Waals surface area contributed by atoms with Gasteiger partial charge in [-0.05, 0) is 60.5 Å². The fourth-order valence-corrected chi connectivity index (χ4v) is 2.64. The van der Waals surface area contributed by atoms with Crippen molar-refractivity contribution in [3.8, 4) is 0 Å². The van der Waals surface area contributed by atoms with Crippen LogP contribution in [0.4, 0.5) is 11.4 Å². The molecule has 1 heterocycles. The van der Waals surface area contributed by atoms with Crippen molar-refractivity contribution >= 4 is 46.2 Å². The van der Waals surface area contributed by atoms with Crippen molar-refractivity contribution in [1.29, 1.82) is 0 Å². The molecule has 0 spiro atoms. The smallest absolute Gasteiger partial charge is 0.134 e. The molecular weight excluding hydrogens is 341 g/mol. The fraction of sp³-hybridized carbons (Fsp3) is 0.158. The number of rotatable bonds is 3. The van der Waals surface area contributed by atoms with Crippen LogP contribution in [-0.2, 0) is 0 Å². The van der Waals surface area contributed by atoms with Gasteiger partial charge in [0.15, 0.2) is 0 Å². The summed E-state index contributed by atoms with van der Waals surface area (Å²) < 4.78 is 0. The molecule has 0 saturated carbocycles. The van der Waals surface area contributed by atoms with E-state index in [2.05, 4.69) is 23.3 Å². The molecule has 0 aliphatic carbocycles. The summed E-state index contributed by atoms with van der Waals surface area (Å²) in [4.78, 5) is 9.33. The number of hydrogen-bond donors (Lipinski definition) is 1. The van der Waals surface area contributed by atoms with Gasteiger partial charge in [0.2, 0.25) is 0 Å². The maximum Gasteiger partial charge on any atom is 0.134 e. The van der Waals surface area contributed by atoms with E-state index in [1.807, 2.05) is 48.5 Å². The largest absolute Gasteiger partial charge is 0.328 e. The van der Waals surface area contributed by atoms with Gasteiger partial charge in [-0.15, -0.1) is 0 Å². The van der Waals surface area contributed by atoms with Crippen LogP contribution in [0.3, 0.4) is 0 Å². The van der Waals surface area contributed by atoms with E-state index in [9.17, 15) is 0 Å². The van der Waals surface area contributed by atoms with Crippen LogP contribution in [0, 0.1) is 0 Å². The Kier molecular flexibility index (Phi) is 5.34. The van der Waals surface area contributed by atoms with Crippen LogP contribution in [-0.4, -0.2) is 11.7 Å². The molecule has 0 atom stereocenters. The molecule has 0 bridgehead atoms. The topological polar surface area (TPSA) is 36.8 Å². The molecule has 2 aromatic rings. The van der Waals surface area contributed by atoms with E-state index in [0.29, 0.717) is 10.0 Å². The second-order valence-corrected chi connectivity index (χ2v) is 6.26. The van der Waals surface area contributed by atoms with Crippen LogP contribution >= 0.6 is 23.2 Å². The number of nitrogens with zero attached hydrogens (tertiary/aromatic N) is 2. The molecule has 1 N–H and O–H groups in total. The van der Waals surface area contributed by atoms with Gasteiger partial charge in [0.25, 0.3) is 0 Å². The summed E-state index contributed by atoms with van der Waals surface area (Å²) >= 11 is 11.8. The molecule has 1 aliphatic rings. The number of aliphatic imine (C=N–C) groups is 2. The van der Waals surface area contributed by atoms with Crippen LogP contribution in [0.15, 0.2) is 70.2 Å². The number of hydrogen-bond acceptors (Lipinski definition) is 2. The first-order valence-electron chi connectivity index (χ1n) is 7.78. The number of benzene rings is 2. The lowest BCUT2D eigenvalue weighted by Crippen LogP contribution is -2.34. The predicted octanol–water partition coefficient (Wildman–Crippen LogP) is 6.08. The van der Waals surface area contributed by atoms with Crippen molar-refractivity contribution in [1.82, 2.24) is 5.32 Å². The van der Waals surface area contributed by atoms with Crippen molar-refractivity contribution in [3.05, 3.63) is 70.2 Å². The fourth-order valence-electron chi connectivity index (χ4n) is 2.39. The van der Waals surface area contributed by atoms with Crippen LogP contribution in [0.25, 0.3) is 0 Å². The molecule has 0 fully saturated rings. The molecule has 0 saturated heterocycles. The zero-order chi connectivity index (χ0) is 16.9. The maximum atomic E-state index is 5.93. The summed E-state index contributed by atoms with van der Waals surface area (Å²) in [6.07, 6.45) is 3.83. The second kappa shape index (κ2) is 7.65. The van der Waals surface area contributed by atoms with Gasteiger partial charge in [0.05, 0.1) is 11.4 Å². The highest BCUT2D eigenvalue weighted by Crippen LogP contribution is 2.21. The first-order chi connectivity index (χ1) is 11.6. The van der Waals surface area contributed by atoms with Crippen LogP contribution < -0.4 is 5.32 Å². The van der Waals surface area contributed by atoms with E-state index in [4.69, 9.17) is 28.2 Å². The van der Waals surface area contributed by atoms with Crippen LogP contribution in [0.2, 0.25) is 10.0 Å². The summed E-state index contributed by atoms with van der Waals surface area (Å²) in [6.45, 7) is 2.12. The van der Waals surface area contributed by atoms with E-state index in [-0.39, 0.29) is 0 Å². The minimum atomic E-state index is 0.701. The summed E-state index contributed by atoms with van der Waals surface area (Å²) in [7, 11) is 0. The zero-order valence-corrected chi connectivity index (χ0v) is 14.8. The van der Waals surface area contributed by atoms with Crippen molar-refractivity contribution < 1.29 is 0 Å². The maximum absolute atomic E-state index is 5.93. The molecule has 5 heteroatoms. The Labute approximate surface area is 151 Å². The average molecular weight is 358 g/mol. The monoisotopic (exact) mass is 357 g/mol. The summed E-state index contributed by atoms with van der Waals surface area (Å²) in [5.41, 5.74) is 2.90. The lowest BCUT2D eigenvalue weighted by Gasteiger charge is -2.19. The minimum Gasteiger partial charge on any atom is -0.328 e. The summed E-state index contributed by atoms with van der Waals surface area (Å²) in [5, 5.41) is 4.75. The Morgan fingerprint density at radius 2 is 1.42 bits per heavy atom. The zero-order valence-electron chi connectivity index (χ0n) is 13.3. The SMILES string of the molecule is CCC1=CCC(=Nc2ccc(Cl)cc2)NC1=Nc1ccc(Cl)cc1. The molecule has 0 unspecified atom stereocenters. The normalized spacial score (nSPS) is 17.7. The molecule has 24 heavy (non-hydrogen) atoms. The number of amidine groups is 2. The molecule has 2 aromatic carbocycles. The Hall–Kier alpha value is -2.10. The molecule has 3 nitrogen and oxygen atoms in total. The third-order valence-corrected chi connectivity index (χ3v) is 4.15. The predicted molar refractivity (Wildman–Crippen MR) is 103 cm³/mol. The van der Waals surface area contributed by atoms with Crippen molar-refractivity contribution in [2.45, 2.75) is 19.8 Å². The number of halogens is 2. The van der Waals surface area contributed by atoms with Gasteiger partial charge in [0.1, 0.15) is 11.7 Å². The van der Waals surface area contributed by atoms with Crippen LogP contribution in [0.5, 0.6) is 0 Å². The van der Waals surface area contributed by atoms with Gasteiger partial charge in [-0.3, -0.25) is 0 Å². The summed E-state index contributed by atoms with van der Waals surface area (Å²) in [5.74, 6) is 1.70. The Balaban J connectivity index is 1.88. The molecule has 0 amide bonds. The van der Waals surface area contributed by atoms with Gasteiger partial charge in [-0.2, -0.15) is 0 Å². The molecule has 0 aromatic heterocycles. The molecule has 0 radical (unpaired) electrons. The van der Waals surface area contributed by atoms with Crippen molar-refractivity contribution in [3.63, 3.8) is 0 Å². The van der Waals surface area contributed by atoms with Gasteiger partial charge in [0, 0.05) is 16.5 Å². The molecular formula is C19H17Cl2N3. The molecule has 3 rings (SSSR count). The minimum absolute atomic E-state index is 0.701. The highest BCUT2D eigenvalue weighted by atomic mass is 35.5. The van der Waals surface area contributed by atoms with Gasteiger partial charge in [-0.25, -0.2) is 9.98 Å². The van der Waals surface area contributed by atoms with Crippen molar-refractivity contribution in [2.75, 3.05) is 0 Å². The first-order valence-corrected chi connectivity index (χ1v) is 8.53. The van der Waals surface area contributed by atoms with Gasteiger partial charge in [-0.1, -0.05) is 36.2 Å². The van der Waals surface area contributed by atoms with E-state index in [1.54, 1.807) is 0 Å². The van der Waals surface area contributed by atoms with Gasteiger partial charge >= 0.3 is 0 Å². The standard InChI is InChI=1S/C19H17Cl2N3/c1-2-13-3-12-18(22-16-8-4-14(20)5-9-16)24-19(13)23-17-10-6-15(21)7-11-17/h3-11H,2,12H2,1H3,(H,22,23,24). The Morgan fingerprint density at radius 3 is 1.96 bits per heavy atom. The van der Waals surface area contributed by atoms with E-state index in [0.717, 1.165) is 35.9 Å². The lowest BCUT2D eigenvalue weighted by molar-refractivity contribution is 1.08. The third-order valence-electron chi connectivity index (χ3n) is 3.65. The van der Waals surface area contributed by atoms with Crippen LogP contribution in [0.1, 0.15) is 19.8 Å². The highest BCUT2D eigenvalue weighted by molar-refractivity contribution is 6.31. The van der Waals surface area contributed by atoms with Gasteiger partial charge < -0.3 is 5.32 Å².